The Labute approximate surface area is 169 Å². The lowest BCUT2D eigenvalue weighted by Crippen LogP contribution is -2.19. The summed E-state index contributed by atoms with van der Waals surface area (Å²) >= 11 is 7.74. The first kappa shape index (κ1) is 21.4. The van der Waals surface area contributed by atoms with E-state index in [2.05, 4.69) is 32.9 Å². The molecule has 1 aromatic carbocycles. The maximum Gasteiger partial charge on any atom is 0.209 e. The van der Waals surface area contributed by atoms with E-state index in [9.17, 15) is 0 Å². The summed E-state index contributed by atoms with van der Waals surface area (Å²) in [6.45, 7) is 9.38. The fraction of sp³-hybridized carbons (Fsp3) is 0.526. The highest BCUT2D eigenvalue weighted by atomic mass is 35.5. The third-order valence-corrected chi connectivity index (χ3v) is 5.37. The SMILES string of the molecule is CCCCn1nc(C(C)(C)C)s/c1=N\C(=N\OC)c1cc(Cl)ccc1OC. The van der Waals surface area contributed by atoms with E-state index in [0.29, 0.717) is 22.2 Å². The molecule has 1 aromatic heterocycles. The van der Waals surface area contributed by atoms with Crippen LogP contribution in [0, 0.1) is 0 Å². The van der Waals surface area contributed by atoms with Crippen molar-refractivity contribution >= 4 is 28.8 Å². The number of aromatic nitrogens is 2. The molecule has 6 nitrogen and oxygen atoms in total. The highest BCUT2D eigenvalue weighted by molar-refractivity contribution is 7.09. The van der Waals surface area contributed by atoms with Crippen LogP contribution in [0.1, 0.15) is 51.1 Å². The number of unbranched alkanes of at least 4 members (excludes halogenated alkanes) is 1. The van der Waals surface area contributed by atoms with Crippen LogP contribution < -0.4 is 9.54 Å². The van der Waals surface area contributed by atoms with E-state index in [4.69, 9.17) is 31.3 Å². The molecule has 8 heteroatoms. The number of nitrogens with zero attached hydrogens (tertiary/aromatic N) is 4. The Morgan fingerprint density at radius 2 is 2.04 bits per heavy atom. The summed E-state index contributed by atoms with van der Waals surface area (Å²) in [5.41, 5.74) is 0.609. The second kappa shape index (κ2) is 9.37. The predicted octanol–water partition coefficient (Wildman–Crippen LogP) is 4.61. The van der Waals surface area contributed by atoms with E-state index in [-0.39, 0.29) is 5.41 Å². The normalized spacial score (nSPS) is 13.1. The predicted molar refractivity (Wildman–Crippen MR) is 111 cm³/mol. The van der Waals surface area contributed by atoms with Crippen molar-refractivity contribution in [3.8, 4) is 5.75 Å². The van der Waals surface area contributed by atoms with Crippen molar-refractivity contribution < 1.29 is 9.57 Å². The van der Waals surface area contributed by atoms with Gasteiger partial charge in [0.2, 0.25) is 10.6 Å². The van der Waals surface area contributed by atoms with Crippen molar-refractivity contribution in [3.05, 3.63) is 38.6 Å². The zero-order valence-corrected chi connectivity index (χ0v) is 18.3. The molecule has 0 aliphatic carbocycles. The van der Waals surface area contributed by atoms with Crippen LogP contribution in [0.3, 0.4) is 0 Å². The van der Waals surface area contributed by atoms with Crippen molar-refractivity contribution in [2.75, 3.05) is 14.2 Å². The van der Waals surface area contributed by atoms with Gasteiger partial charge in [-0.3, -0.25) is 0 Å². The van der Waals surface area contributed by atoms with Gasteiger partial charge in [-0.05, 0) is 24.6 Å². The zero-order valence-electron chi connectivity index (χ0n) is 16.7. The van der Waals surface area contributed by atoms with E-state index in [1.165, 1.54) is 7.11 Å². The quantitative estimate of drug-likeness (QED) is 0.396. The Morgan fingerprint density at radius 3 is 2.63 bits per heavy atom. The second-order valence-corrected chi connectivity index (χ2v) is 8.46. The second-order valence-electron chi connectivity index (χ2n) is 7.07. The zero-order chi connectivity index (χ0) is 20.0. The summed E-state index contributed by atoms with van der Waals surface area (Å²) < 4.78 is 7.39. The molecule has 27 heavy (non-hydrogen) atoms. The lowest BCUT2D eigenvalue weighted by molar-refractivity contribution is 0.213. The number of ether oxygens (including phenoxy) is 1. The molecule has 0 bridgehead atoms. The van der Waals surface area contributed by atoms with E-state index in [1.54, 1.807) is 36.6 Å². The summed E-state index contributed by atoms with van der Waals surface area (Å²) in [6.07, 6.45) is 2.10. The molecule has 0 aliphatic rings. The molecular formula is C19H27ClN4O2S. The van der Waals surface area contributed by atoms with Crippen LogP contribution >= 0.6 is 22.9 Å². The van der Waals surface area contributed by atoms with Crippen LogP contribution in [0.5, 0.6) is 5.75 Å². The molecule has 0 saturated carbocycles. The number of oxime groups is 1. The average Bonchev–Trinajstić information content (AvgIpc) is 3.02. The Kier molecular flexibility index (Phi) is 7.44. The molecule has 0 spiro atoms. The lowest BCUT2D eigenvalue weighted by Gasteiger charge is -2.12. The molecule has 0 atom stereocenters. The summed E-state index contributed by atoms with van der Waals surface area (Å²) in [5, 5.41) is 10.5. The highest BCUT2D eigenvalue weighted by Crippen LogP contribution is 2.25. The first-order valence-corrected chi connectivity index (χ1v) is 10.1. The third-order valence-electron chi connectivity index (χ3n) is 3.77. The van der Waals surface area contributed by atoms with Gasteiger partial charge >= 0.3 is 0 Å². The smallest absolute Gasteiger partial charge is 0.209 e. The van der Waals surface area contributed by atoms with Crippen LogP contribution in [-0.4, -0.2) is 29.8 Å². The van der Waals surface area contributed by atoms with E-state index < -0.39 is 0 Å². The molecule has 148 valence electrons. The van der Waals surface area contributed by atoms with Crippen molar-refractivity contribution in [1.82, 2.24) is 9.78 Å². The Morgan fingerprint density at radius 1 is 1.30 bits per heavy atom. The van der Waals surface area contributed by atoms with Crippen molar-refractivity contribution in [2.24, 2.45) is 10.1 Å². The fourth-order valence-corrected chi connectivity index (χ4v) is 3.47. The van der Waals surface area contributed by atoms with Crippen LogP contribution in [0.4, 0.5) is 0 Å². The maximum absolute atomic E-state index is 6.18. The Bertz CT molecular complexity index is 865. The van der Waals surface area contributed by atoms with Gasteiger partial charge in [-0.2, -0.15) is 10.1 Å². The van der Waals surface area contributed by atoms with Gasteiger partial charge in [0.15, 0.2) is 0 Å². The number of halogens is 1. The molecule has 0 amide bonds. The number of aryl methyl sites for hydroxylation is 1. The number of benzene rings is 1. The molecule has 0 saturated heterocycles. The van der Waals surface area contributed by atoms with Gasteiger partial charge < -0.3 is 9.57 Å². The lowest BCUT2D eigenvalue weighted by atomic mass is 9.98. The molecule has 1 heterocycles. The number of hydrogen-bond acceptors (Lipinski definition) is 5. The first-order chi connectivity index (χ1) is 12.8. The fourth-order valence-electron chi connectivity index (χ4n) is 2.31. The van der Waals surface area contributed by atoms with Crippen molar-refractivity contribution in [3.63, 3.8) is 0 Å². The van der Waals surface area contributed by atoms with Crippen molar-refractivity contribution in [1.29, 1.82) is 0 Å². The van der Waals surface area contributed by atoms with Crippen molar-refractivity contribution in [2.45, 2.75) is 52.5 Å². The van der Waals surface area contributed by atoms with Gasteiger partial charge in [-0.25, -0.2) is 4.68 Å². The minimum atomic E-state index is -0.0568. The summed E-state index contributed by atoms with van der Waals surface area (Å²) in [5.74, 6) is 1.02. The first-order valence-electron chi connectivity index (χ1n) is 8.88. The maximum atomic E-state index is 6.18. The molecular weight excluding hydrogens is 384 g/mol. The van der Waals surface area contributed by atoms with Crippen LogP contribution in [0.15, 0.2) is 28.3 Å². The molecule has 0 aliphatic heterocycles. The molecule has 2 rings (SSSR count). The number of rotatable bonds is 6. The van der Waals surface area contributed by atoms with Gasteiger partial charge in [0, 0.05) is 17.0 Å². The summed E-state index contributed by atoms with van der Waals surface area (Å²) in [6, 6.07) is 5.32. The number of amidine groups is 1. The Hall–Kier alpha value is -1.86. The van der Waals surface area contributed by atoms with Gasteiger partial charge in [0.25, 0.3) is 0 Å². The largest absolute Gasteiger partial charge is 0.496 e. The van der Waals surface area contributed by atoms with E-state index in [1.807, 2.05) is 4.68 Å². The standard InChI is InChI=1S/C19H27ClN4O2S/c1-7-8-11-24-18(27-17(22-24)19(2,3)4)21-16(23-26-6)14-12-13(20)9-10-15(14)25-5/h9-10,12H,7-8,11H2,1-6H3/b21-18-,23-16+. The Balaban J connectivity index is 2.63. The minimum absolute atomic E-state index is 0.0568. The van der Waals surface area contributed by atoms with E-state index >= 15 is 0 Å². The highest BCUT2D eigenvalue weighted by Gasteiger charge is 2.20. The van der Waals surface area contributed by atoms with E-state index in [0.717, 1.165) is 29.2 Å². The average molecular weight is 411 g/mol. The number of methoxy groups -OCH3 is 1. The molecule has 0 unspecified atom stereocenters. The molecule has 2 aromatic rings. The topological polar surface area (TPSA) is 61.0 Å². The third kappa shape index (κ3) is 5.56. The van der Waals surface area contributed by atoms with Crippen LogP contribution in [0.25, 0.3) is 0 Å². The van der Waals surface area contributed by atoms with Gasteiger partial charge in [0.05, 0.1) is 12.7 Å². The number of hydrogen-bond donors (Lipinski definition) is 0. The summed E-state index contributed by atoms with van der Waals surface area (Å²) in [7, 11) is 3.09. The summed E-state index contributed by atoms with van der Waals surface area (Å²) in [4.78, 5) is 10.6. The van der Waals surface area contributed by atoms with Gasteiger partial charge in [-0.1, -0.05) is 62.2 Å². The van der Waals surface area contributed by atoms with Gasteiger partial charge in [-0.15, -0.1) is 0 Å². The molecule has 0 radical (unpaired) electrons. The monoisotopic (exact) mass is 410 g/mol. The van der Waals surface area contributed by atoms with Crippen LogP contribution in [0.2, 0.25) is 5.02 Å². The van der Waals surface area contributed by atoms with Gasteiger partial charge in [0.1, 0.15) is 17.9 Å². The molecule has 0 fully saturated rings. The van der Waals surface area contributed by atoms with Crippen LogP contribution in [-0.2, 0) is 16.8 Å². The molecule has 0 N–H and O–H groups in total. The minimum Gasteiger partial charge on any atom is -0.496 e.